The lowest BCUT2D eigenvalue weighted by Crippen LogP contribution is -2.38. The zero-order chi connectivity index (χ0) is 18.2. The van der Waals surface area contributed by atoms with Crippen LogP contribution in [0, 0.1) is 10.1 Å². The van der Waals surface area contributed by atoms with Gasteiger partial charge in [-0.3, -0.25) is 19.7 Å². The molecule has 0 spiro atoms. The van der Waals surface area contributed by atoms with E-state index in [9.17, 15) is 19.7 Å². The zero-order valence-electron chi connectivity index (χ0n) is 13.3. The fourth-order valence-electron chi connectivity index (χ4n) is 2.29. The SMILES string of the molecule is NC(=O)C(NC(=O)CCNc1ccccc1[N+](=O)[O-])c1ccccc1. The molecule has 130 valence electrons. The number of carbonyl (C=O) groups excluding carboxylic acids is 2. The first kappa shape index (κ1) is 17.9. The molecular weight excluding hydrogens is 324 g/mol. The van der Waals surface area contributed by atoms with Gasteiger partial charge in [0.05, 0.1) is 4.92 Å². The fourth-order valence-corrected chi connectivity index (χ4v) is 2.29. The molecule has 0 aliphatic carbocycles. The van der Waals surface area contributed by atoms with Gasteiger partial charge in [-0.25, -0.2) is 0 Å². The molecule has 2 aromatic rings. The number of primary amides is 1. The average molecular weight is 342 g/mol. The minimum absolute atomic E-state index is 0.0304. The second-order valence-electron chi connectivity index (χ2n) is 5.26. The highest BCUT2D eigenvalue weighted by molar-refractivity contribution is 5.87. The molecule has 4 N–H and O–H groups in total. The number of nitro groups is 1. The quantitative estimate of drug-likeness (QED) is 0.497. The van der Waals surface area contributed by atoms with Crippen molar-refractivity contribution in [2.24, 2.45) is 5.73 Å². The molecule has 1 atom stereocenters. The lowest BCUT2D eigenvalue weighted by molar-refractivity contribution is -0.384. The number of hydrogen-bond acceptors (Lipinski definition) is 5. The van der Waals surface area contributed by atoms with E-state index < -0.39 is 22.8 Å². The summed E-state index contributed by atoms with van der Waals surface area (Å²) >= 11 is 0. The van der Waals surface area contributed by atoms with Crippen LogP contribution in [0.2, 0.25) is 0 Å². The molecule has 0 heterocycles. The number of nitrogens with one attached hydrogen (secondary N) is 2. The Labute approximate surface area is 144 Å². The van der Waals surface area contributed by atoms with Gasteiger partial charge in [0.25, 0.3) is 5.69 Å². The number of hydrogen-bond donors (Lipinski definition) is 3. The fraction of sp³-hybridized carbons (Fsp3) is 0.176. The van der Waals surface area contributed by atoms with Crippen molar-refractivity contribution in [1.82, 2.24) is 5.32 Å². The molecule has 8 nitrogen and oxygen atoms in total. The topological polar surface area (TPSA) is 127 Å². The molecule has 0 aliphatic heterocycles. The number of nitrogens with zero attached hydrogens (tertiary/aromatic N) is 1. The number of anilines is 1. The molecule has 2 rings (SSSR count). The van der Waals surface area contributed by atoms with Crippen LogP contribution in [-0.2, 0) is 9.59 Å². The highest BCUT2D eigenvalue weighted by atomic mass is 16.6. The molecule has 1 unspecified atom stereocenters. The molecule has 0 radical (unpaired) electrons. The lowest BCUT2D eigenvalue weighted by atomic mass is 10.1. The number of carbonyl (C=O) groups is 2. The van der Waals surface area contributed by atoms with Crippen molar-refractivity contribution in [2.45, 2.75) is 12.5 Å². The maximum atomic E-state index is 12.0. The summed E-state index contributed by atoms with van der Waals surface area (Å²) in [6.07, 6.45) is 0.0304. The van der Waals surface area contributed by atoms with Gasteiger partial charge in [-0.2, -0.15) is 0 Å². The van der Waals surface area contributed by atoms with E-state index in [1.54, 1.807) is 48.5 Å². The summed E-state index contributed by atoms with van der Waals surface area (Å²) < 4.78 is 0. The smallest absolute Gasteiger partial charge is 0.292 e. The first-order valence-corrected chi connectivity index (χ1v) is 7.60. The number of rotatable bonds is 8. The third kappa shape index (κ3) is 5.03. The van der Waals surface area contributed by atoms with Gasteiger partial charge in [-0.1, -0.05) is 42.5 Å². The van der Waals surface area contributed by atoms with Crippen molar-refractivity contribution < 1.29 is 14.5 Å². The van der Waals surface area contributed by atoms with Crippen LogP contribution >= 0.6 is 0 Å². The Kier molecular flexibility index (Phi) is 6.05. The third-order valence-corrected chi connectivity index (χ3v) is 3.49. The lowest BCUT2D eigenvalue weighted by Gasteiger charge is -2.16. The van der Waals surface area contributed by atoms with Crippen molar-refractivity contribution in [1.29, 1.82) is 0 Å². The van der Waals surface area contributed by atoms with E-state index in [1.165, 1.54) is 6.07 Å². The molecule has 0 saturated heterocycles. The summed E-state index contributed by atoms with van der Waals surface area (Å²) in [4.78, 5) is 34.0. The Morgan fingerprint density at radius 1 is 1.08 bits per heavy atom. The molecule has 2 aromatic carbocycles. The zero-order valence-corrected chi connectivity index (χ0v) is 13.3. The first-order valence-electron chi connectivity index (χ1n) is 7.60. The number of amides is 2. The van der Waals surface area contributed by atoms with Gasteiger partial charge < -0.3 is 16.4 Å². The van der Waals surface area contributed by atoms with Gasteiger partial charge >= 0.3 is 0 Å². The van der Waals surface area contributed by atoms with Crippen molar-refractivity contribution in [3.8, 4) is 0 Å². The van der Waals surface area contributed by atoms with E-state index in [4.69, 9.17) is 5.73 Å². The van der Waals surface area contributed by atoms with E-state index in [0.29, 0.717) is 11.3 Å². The number of nitrogens with two attached hydrogens (primary N) is 1. The predicted octanol–water partition coefficient (Wildman–Crippen LogP) is 1.74. The Bertz CT molecular complexity index is 764. The van der Waals surface area contributed by atoms with Crippen molar-refractivity contribution in [3.63, 3.8) is 0 Å². The number of nitro benzene ring substituents is 1. The summed E-state index contributed by atoms with van der Waals surface area (Å²) in [5.41, 5.74) is 6.20. The van der Waals surface area contributed by atoms with Crippen molar-refractivity contribution in [2.75, 3.05) is 11.9 Å². The van der Waals surface area contributed by atoms with Crippen LogP contribution in [-0.4, -0.2) is 23.3 Å². The maximum Gasteiger partial charge on any atom is 0.292 e. The van der Waals surface area contributed by atoms with Gasteiger partial charge in [0.15, 0.2) is 0 Å². The molecule has 0 aliphatic rings. The molecule has 0 bridgehead atoms. The minimum Gasteiger partial charge on any atom is -0.379 e. The van der Waals surface area contributed by atoms with Crippen LogP contribution in [0.25, 0.3) is 0 Å². The van der Waals surface area contributed by atoms with Crippen LogP contribution in [0.5, 0.6) is 0 Å². The molecule has 2 amide bonds. The number of benzene rings is 2. The van der Waals surface area contributed by atoms with Crippen LogP contribution in [0.15, 0.2) is 54.6 Å². The van der Waals surface area contributed by atoms with E-state index >= 15 is 0 Å². The molecule has 8 heteroatoms. The Hall–Kier alpha value is -3.42. The number of para-hydroxylation sites is 2. The van der Waals surface area contributed by atoms with Gasteiger partial charge in [0.2, 0.25) is 11.8 Å². The van der Waals surface area contributed by atoms with Crippen LogP contribution in [0.4, 0.5) is 11.4 Å². The Morgan fingerprint density at radius 2 is 1.72 bits per heavy atom. The summed E-state index contributed by atoms with van der Waals surface area (Å²) in [5.74, 6) is -1.05. The molecular formula is C17H18N4O4. The molecule has 0 saturated carbocycles. The molecule has 0 aromatic heterocycles. The maximum absolute atomic E-state index is 12.0. The van der Waals surface area contributed by atoms with Crippen LogP contribution in [0.1, 0.15) is 18.0 Å². The summed E-state index contributed by atoms with van der Waals surface area (Å²) in [6.45, 7) is 0.178. The second kappa shape index (κ2) is 8.44. The largest absolute Gasteiger partial charge is 0.379 e. The Balaban J connectivity index is 1.92. The van der Waals surface area contributed by atoms with E-state index in [-0.39, 0.29) is 18.7 Å². The van der Waals surface area contributed by atoms with Crippen molar-refractivity contribution in [3.05, 3.63) is 70.3 Å². The van der Waals surface area contributed by atoms with Gasteiger partial charge in [0, 0.05) is 19.0 Å². The van der Waals surface area contributed by atoms with E-state index in [2.05, 4.69) is 10.6 Å². The standard InChI is InChI=1S/C17H18N4O4/c18-17(23)16(12-6-2-1-3-7-12)20-15(22)10-11-19-13-8-4-5-9-14(13)21(24)25/h1-9,16,19H,10-11H2,(H2,18,23)(H,20,22). The Morgan fingerprint density at radius 3 is 2.36 bits per heavy atom. The first-order chi connectivity index (χ1) is 12.0. The average Bonchev–Trinajstić information content (AvgIpc) is 2.60. The summed E-state index contributed by atoms with van der Waals surface area (Å²) in [5, 5.41) is 16.3. The normalized spacial score (nSPS) is 11.4. The van der Waals surface area contributed by atoms with Gasteiger partial charge in [0.1, 0.15) is 11.7 Å². The monoisotopic (exact) mass is 342 g/mol. The highest BCUT2D eigenvalue weighted by Gasteiger charge is 2.20. The predicted molar refractivity (Wildman–Crippen MR) is 92.7 cm³/mol. The highest BCUT2D eigenvalue weighted by Crippen LogP contribution is 2.22. The van der Waals surface area contributed by atoms with Gasteiger partial charge in [-0.05, 0) is 11.6 Å². The molecule has 25 heavy (non-hydrogen) atoms. The summed E-state index contributed by atoms with van der Waals surface area (Å²) in [7, 11) is 0. The third-order valence-electron chi connectivity index (χ3n) is 3.49. The minimum atomic E-state index is -0.917. The second-order valence-corrected chi connectivity index (χ2v) is 5.26. The van der Waals surface area contributed by atoms with E-state index in [1.807, 2.05) is 0 Å². The summed E-state index contributed by atoms with van der Waals surface area (Å²) in [6, 6.07) is 13.9. The van der Waals surface area contributed by atoms with Crippen LogP contribution < -0.4 is 16.4 Å². The van der Waals surface area contributed by atoms with E-state index in [0.717, 1.165) is 0 Å². The van der Waals surface area contributed by atoms with Crippen molar-refractivity contribution >= 4 is 23.2 Å². The molecule has 0 fully saturated rings. The van der Waals surface area contributed by atoms with Crippen LogP contribution in [0.3, 0.4) is 0 Å². The van der Waals surface area contributed by atoms with Gasteiger partial charge in [-0.15, -0.1) is 0 Å².